The minimum absolute atomic E-state index is 0.102. The van der Waals surface area contributed by atoms with Crippen LogP contribution in [-0.2, 0) is 0 Å². The molecule has 0 spiro atoms. The van der Waals surface area contributed by atoms with Gasteiger partial charge in [0, 0.05) is 16.1 Å². The van der Waals surface area contributed by atoms with Crippen molar-refractivity contribution in [1.82, 2.24) is 0 Å². The van der Waals surface area contributed by atoms with Crippen LogP contribution in [0.3, 0.4) is 0 Å². The molecule has 0 amide bonds. The standard InChI is InChI=1S/C15H12Cl2O/c1-9-5-10(2)7-11(6-9)15(18)13-8-12(16)3-4-14(13)17/h3-8H,1-2H3. The second-order valence-corrected chi connectivity index (χ2v) is 5.17. The smallest absolute Gasteiger partial charge is 0.194 e. The van der Waals surface area contributed by atoms with Crippen molar-refractivity contribution >= 4 is 29.0 Å². The Bertz CT molecular complexity index is 598. The Morgan fingerprint density at radius 3 is 2.17 bits per heavy atom. The SMILES string of the molecule is Cc1cc(C)cc(C(=O)c2cc(Cl)ccc2Cl)c1. The number of benzene rings is 2. The highest BCUT2D eigenvalue weighted by Crippen LogP contribution is 2.24. The van der Waals surface area contributed by atoms with E-state index in [1.165, 1.54) is 0 Å². The summed E-state index contributed by atoms with van der Waals surface area (Å²) in [6, 6.07) is 10.6. The third kappa shape index (κ3) is 2.74. The van der Waals surface area contributed by atoms with Gasteiger partial charge >= 0.3 is 0 Å². The predicted octanol–water partition coefficient (Wildman–Crippen LogP) is 4.84. The molecular formula is C15H12Cl2O. The Morgan fingerprint density at radius 2 is 1.56 bits per heavy atom. The van der Waals surface area contributed by atoms with Crippen molar-refractivity contribution in [2.75, 3.05) is 0 Å². The Labute approximate surface area is 116 Å². The molecule has 0 saturated carbocycles. The lowest BCUT2D eigenvalue weighted by Crippen LogP contribution is -2.03. The van der Waals surface area contributed by atoms with E-state index in [9.17, 15) is 4.79 Å². The third-order valence-corrected chi connectivity index (χ3v) is 3.22. The third-order valence-electron chi connectivity index (χ3n) is 2.66. The Balaban J connectivity index is 2.51. The fourth-order valence-electron chi connectivity index (χ4n) is 1.93. The Morgan fingerprint density at radius 1 is 0.944 bits per heavy atom. The number of carbonyl (C=O) groups excluding carboxylic acids is 1. The molecule has 0 aliphatic rings. The van der Waals surface area contributed by atoms with Crippen LogP contribution in [0.15, 0.2) is 36.4 Å². The van der Waals surface area contributed by atoms with Gasteiger partial charge in [-0.3, -0.25) is 4.79 Å². The average Bonchev–Trinajstić information content (AvgIpc) is 2.30. The zero-order chi connectivity index (χ0) is 13.3. The quantitative estimate of drug-likeness (QED) is 0.719. The Hall–Kier alpha value is -1.31. The van der Waals surface area contributed by atoms with Gasteiger partial charge in [-0.05, 0) is 44.2 Å². The van der Waals surface area contributed by atoms with Gasteiger partial charge in [0.05, 0.1) is 5.02 Å². The largest absolute Gasteiger partial charge is 0.289 e. The fourth-order valence-corrected chi connectivity index (χ4v) is 2.31. The number of halogens is 2. The first-order valence-electron chi connectivity index (χ1n) is 5.55. The van der Waals surface area contributed by atoms with Gasteiger partial charge in [0.25, 0.3) is 0 Å². The molecule has 0 unspecified atom stereocenters. The number of hydrogen-bond donors (Lipinski definition) is 0. The summed E-state index contributed by atoms with van der Waals surface area (Å²) < 4.78 is 0. The molecule has 0 bridgehead atoms. The summed E-state index contributed by atoms with van der Waals surface area (Å²) >= 11 is 11.9. The number of carbonyl (C=O) groups is 1. The minimum atomic E-state index is -0.102. The molecular weight excluding hydrogens is 267 g/mol. The summed E-state index contributed by atoms with van der Waals surface area (Å²) in [4.78, 5) is 12.4. The van der Waals surface area contributed by atoms with E-state index in [2.05, 4.69) is 0 Å². The van der Waals surface area contributed by atoms with E-state index >= 15 is 0 Å². The van der Waals surface area contributed by atoms with Crippen molar-refractivity contribution in [3.63, 3.8) is 0 Å². The van der Waals surface area contributed by atoms with Crippen LogP contribution in [0.1, 0.15) is 27.0 Å². The number of aryl methyl sites for hydroxylation is 2. The van der Waals surface area contributed by atoms with Gasteiger partial charge in [0.15, 0.2) is 5.78 Å². The van der Waals surface area contributed by atoms with Gasteiger partial charge in [-0.25, -0.2) is 0 Å². The summed E-state index contributed by atoms with van der Waals surface area (Å²) in [5.41, 5.74) is 3.18. The van der Waals surface area contributed by atoms with Crippen molar-refractivity contribution in [3.05, 3.63) is 68.7 Å². The van der Waals surface area contributed by atoms with E-state index in [1.54, 1.807) is 18.2 Å². The van der Waals surface area contributed by atoms with E-state index < -0.39 is 0 Å². The average molecular weight is 279 g/mol. The molecule has 92 valence electrons. The topological polar surface area (TPSA) is 17.1 Å². The second-order valence-electron chi connectivity index (χ2n) is 4.33. The van der Waals surface area contributed by atoms with E-state index in [0.717, 1.165) is 11.1 Å². The van der Waals surface area contributed by atoms with Crippen LogP contribution in [0.25, 0.3) is 0 Å². The van der Waals surface area contributed by atoms with E-state index in [4.69, 9.17) is 23.2 Å². The molecule has 0 heterocycles. The van der Waals surface area contributed by atoms with E-state index in [1.807, 2.05) is 32.0 Å². The second kappa shape index (κ2) is 5.13. The molecule has 3 heteroatoms. The van der Waals surface area contributed by atoms with Crippen molar-refractivity contribution in [1.29, 1.82) is 0 Å². The Kier molecular flexibility index (Phi) is 3.74. The van der Waals surface area contributed by atoms with E-state index in [-0.39, 0.29) is 5.78 Å². The lowest BCUT2D eigenvalue weighted by atomic mass is 9.99. The molecule has 0 aliphatic carbocycles. The summed E-state index contributed by atoms with van der Waals surface area (Å²) in [5, 5.41) is 0.927. The highest BCUT2D eigenvalue weighted by molar-refractivity contribution is 6.36. The van der Waals surface area contributed by atoms with Crippen LogP contribution in [-0.4, -0.2) is 5.78 Å². The zero-order valence-corrected chi connectivity index (χ0v) is 11.6. The normalized spacial score (nSPS) is 10.4. The molecule has 2 aromatic rings. The molecule has 18 heavy (non-hydrogen) atoms. The van der Waals surface area contributed by atoms with Crippen LogP contribution in [0, 0.1) is 13.8 Å². The van der Waals surface area contributed by atoms with Gasteiger partial charge < -0.3 is 0 Å². The molecule has 0 saturated heterocycles. The van der Waals surface area contributed by atoms with Crippen LogP contribution >= 0.6 is 23.2 Å². The van der Waals surface area contributed by atoms with E-state index in [0.29, 0.717) is 21.2 Å². The molecule has 0 aliphatic heterocycles. The zero-order valence-electron chi connectivity index (χ0n) is 10.1. The molecule has 1 nitrogen and oxygen atoms in total. The summed E-state index contributed by atoms with van der Waals surface area (Å²) in [5.74, 6) is -0.102. The molecule has 0 fully saturated rings. The van der Waals surface area contributed by atoms with Gasteiger partial charge in [0.1, 0.15) is 0 Å². The molecule has 2 rings (SSSR count). The first kappa shape index (κ1) is 13.1. The lowest BCUT2D eigenvalue weighted by molar-refractivity contribution is 0.103. The number of rotatable bonds is 2. The maximum Gasteiger partial charge on any atom is 0.194 e. The summed E-state index contributed by atoms with van der Waals surface area (Å²) in [6.07, 6.45) is 0. The molecule has 0 radical (unpaired) electrons. The lowest BCUT2D eigenvalue weighted by Gasteiger charge is -2.06. The first-order chi connectivity index (χ1) is 8.47. The minimum Gasteiger partial charge on any atom is -0.289 e. The van der Waals surface area contributed by atoms with Crippen LogP contribution in [0.2, 0.25) is 10.0 Å². The maximum atomic E-state index is 12.4. The van der Waals surface area contributed by atoms with Crippen molar-refractivity contribution < 1.29 is 4.79 Å². The fraction of sp³-hybridized carbons (Fsp3) is 0.133. The molecule has 0 N–H and O–H groups in total. The van der Waals surface area contributed by atoms with Crippen molar-refractivity contribution in [2.24, 2.45) is 0 Å². The van der Waals surface area contributed by atoms with Crippen LogP contribution in [0.4, 0.5) is 0 Å². The molecule has 2 aromatic carbocycles. The monoisotopic (exact) mass is 278 g/mol. The molecule has 0 atom stereocenters. The van der Waals surface area contributed by atoms with Crippen LogP contribution < -0.4 is 0 Å². The van der Waals surface area contributed by atoms with Gasteiger partial charge in [-0.1, -0.05) is 40.4 Å². The summed E-state index contributed by atoms with van der Waals surface area (Å²) in [7, 11) is 0. The van der Waals surface area contributed by atoms with Gasteiger partial charge in [-0.15, -0.1) is 0 Å². The van der Waals surface area contributed by atoms with Crippen molar-refractivity contribution in [3.8, 4) is 0 Å². The molecule has 0 aromatic heterocycles. The summed E-state index contributed by atoms with van der Waals surface area (Å²) in [6.45, 7) is 3.92. The van der Waals surface area contributed by atoms with Crippen LogP contribution in [0.5, 0.6) is 0 Å². The van der Waals surface area contributed by atoms with Gasteiger partial charge in [-0.2, -0.15) is 0 Å². The predicted molar refractivity (Wildman–Crippen MR) is 75.8 cm³/mol. The highest BCUT2D eigenvalue weighted by atomic mass is 35.5. The number of hydrogen-bond acceptors (Lipinski definition) is 1. The maximum absolute atomic E-state index is 12.4. The first-order valence-corrected chi connectivity index (χ1v) is 6.31. The van der Waals surface area contributed by atoms with Crippen molar-refractivity contribution in [2.45, 2.75) is 13.8 Å². The van der Waals surface area contributed by atoms with Gasteiger partial charge in [0.2, 0.25) is 0 Å². The number of ketones is 1. The highest BCUT2D eigenvalue weighted by Gasteiger charge is 2.14.